The Morgan fingerprint density at radius 1 is 1.27 bits per heavy atom. The quantitative estimate of drug-likeness (QED) is 0.343. The number of hydrogen-bond donors (Lipinski definition) is 2. The van der Waals surface area contributed by atoms with Gasteiger partial charge in [-0.1, -0.05) is 12.1 Å². The number of rotatable bonds is 7. The molecule has 0 spiro atoms. The lowest BCUT2D eigenvalue weighted by Crippen LogP contribution is -2.41. The summed E-state index contributed by atoms with van der Waals surface area (Å²) in [5.41, 5.74) is 0.825. The Balaban J connectivity index is 1.81. The largest absolute Gasteiger partial charge is 0.489 e. The minimum Gasteiger partial charge on any atom is -0.489 e. The van der Waals surface area contributed by atoms with Crippen LogP contribution in [-0.4, -0.2) is 30.6 Å². The normalized spacial score (nSPS) is 12.3. The fourth-order valence-electron chi connectivity index (χ4n) is 2.21. The molecule has 8 heteroatoms. The van der Waals surface area contributed by atoms with Crippen molar-refractivity contribution in [2.24, 2.45) is 4.99 Å². The van der Waals surface area contributed by atoms with Crippen LogP contribution >= 0.6 is 0 Å². The number of non-ortho nitro benzene ring substituents is 1. The van der Waals surface area contributed by atoms with Crippen LogP contribution in [0.1, 0.15) is 12.5 Å². The molecular weight excluding hydrogens is 339 g/mol. The molecule has 2 rings (SSSR count). The van der Waals surface area contributed by atoms with Crippen LogP contribution in [0.5, 0.6) is 5.75 Å². The third-order valence-electron chi connectivity index (χ3n) is 3.51. The molecule has 0 heterocycles. The predicted octanol–water partition coefficient (Wildman–Crippen LogP) is 2.87. The molecule has 0 radical (unpaired) electrons. The summed E-state index contributed by atoms with van der Waals surface area (Å²) in [4.78, 5) is 14.5. The lowest BCUT2D eigenvalue weighted by atomic mass is 10.2. The molecule has 0 amide bonds. The van der Waals surface area contributed by atoms with Gasteiger partial charge < -0.3 is 15.4 Å². The third-order valence-corrected chi connectivity index (χ3v) is 3.51. The van der Waals surface area contributed by atoms with Crippen LogP contribution in [-0.2, 0) is 6.54 Å². The molecule has 1 unspecified atom stereocenters. The molecule has 0 saturated carbocycles. The standard InChI is InChI=1S/C18H21FN4O3/c1-13(26-17-8-6-15(19)7-9-17)11-21-18(20-2)22-12-14-4-3-5-16(10-14)23(24)25/h3-10,13H,11-12H2,1-2H3,(H2,20,21,22). The maximum Gasteiger partial charge on any atom is 0.269 e. The molecule has 0 aliphatic carbocycles. The fourth-order valence-corrected chi connectivity index (χ4v) is 2.21. The Morgan fingerprint density at radius 3 is 2.65 bits per heavy atom. The lowest BCUT2D eigenvalue weighted by Gasteiger charge is -2.17. The number of nitro groups is 1. The summed E-state index contributed by atoms with van der Waals surface area (Å²) in [6.45, 7) is 2.75. The average molecular weight is 360 g/mol. The zero-order chi connectivity index (χ0) is 18.9. The highest BCUT2D eigenvalue weighted by Gasteiger charge is 2.08. The van der Waals surface area contributed by atoms with E-state index in [1.54, 1.807) is 31.3 Å². The van der Waals surface area contributed by atoms with Crippen LogP contribution in [0.2, 0.25) is 0 Å². The van der Waals surface area contributed by atoms with Crippen molar-refractivity contribution >= 4 is 11.6 Å². The number of nitro benzene ring substituents is 1. The number of halogens is 1. The van der Waals surface area contributed by atoms with Gasteiger partial charge in [-0.25, -0.2) is 4.39 Å². The summed E-state index contributed by atoms with van der Waals surface area (Å²) in [5, 5.41) is 17.0. The average Bonchev–Trinajstić information content (AvgIpc) is 2.64. The zero-order valence-corrected chi connectivity index (χ0v) is 14.6. The van der Waals surface area contributed by atoms with Gasteiger partial charge in [-0.3, -0.25) is 15.1 Å². The highest BCUT2D eigenvalue weighted by molar-refractivity contribution is 5.79. The molecule has 2 aromatic rings. The zero-order valence-electron chi connectivity index (χ0n) is 14.6. The monoisotopic (exact) mass is 360 g/mol. The Bertz CT molecular complexity index is 765. The van der Waals surface area contributed by atoms with Crippen molar-refractivity contribution in [1.82, 2.24) is 10.6 Å². The molecule has 2 aromatic carbocycles. The van der Waals surface area contributed by atoms with Gasteiger partial charge in [-0.15, -0.1) is 0 Å². The highest BCUT2D eigenvalue weighted by Crippen LogP contribution is 2.13. The lowest BCUT2D eigenvalue weighted by molar-refractivity contribution is -0.384. The second kappa shape index (κ2) is 9.36. The third kappa shape index (κ3) is 6.04. The fraction of sp³-hybridized carbons (Fsp3) is 0.278. The number of nitrogens with one attached hydrogen (secondary N) is 2. The van der Waals surface area contributed by atoms with Crippen molar-refractivity contribution in [3.05, 3.63) is 70.0 Å². The SMILES string of the molecule is CN=C(NCc1cccc([N+](=O)[O-])c1)NCC(C)Oc1ccc(F)cc1. The molecular formula is C18H21FN4O3. The summed E-state index contributed by atoms with van der Waals surface area (Å²) >= 11 is 0. The van der Waals surface area contributed by atoms with E-state index >= 15 is 0 Å². The topological polar surface area (TPSA) is 88.8 Å². The molecule has 0 aliphatic rings. The first-order valence-electron chi connectivity index (χ1n) is 8.08. The number of nitrogens with zero attached hydrogens (tertiary/aromatic N) is 2. The van der Waals surface area contributed by atoms with Gasteiger partial charge in [-0.05, 0) is 36.8 Å². The summed E-state index contributed by atoms with van der Waals surface area (Å²) in [6.07, 6.45) is -0.170. The maximum atomic E-state index is 12.9. The van der Waals surface area contributed by atoms with Gasteiger partial charge in [0.05, 0.1) is 11.5 Å². The molecule has 0 bridgehead atoms. The first-order valence-corrected chi connectivity index (χ1v) is 8.08. The first kappa shape index (κ1) is 19.2. The van der Waals surface area contributed by atoms with Gasteiger partial charge in [0.25, 0.3) is 5.69 Å². The van der Waals surface area contributed by atoms with Crippen LogP contribution in [0, 0.1) is 15.9 Å². The highest BCUT2D eigenvalue weighted by atomic mass is 19.1. The summed E-state index contributed by atoms with van der Waals surface area (Å²) < 4.78 is 18.6. The van der Waals surface area contributed by atoms with Crippen LogP contribution in [0.4, 0.5) is 10.1 Å². The molecule has 1 atom stereocenters. The van der Waals surface area contributed by atoms with E-state index in [4.69, 9.17) is 4.74 Å². The maximum absolute atomic E-state index is 12.9. The van der Waals surface area contributed by atoms with E-state index in [1.807, 2.05) is 6.92 Å². The Labute approximate surface area is 151 Å². The molecule has 138 valence electrons. The Kier molecular flexibility index (Phi) is 6.90. The van der Waals surface area contributed by atoms with E-state index < -0.39 is 4.92 Å². The Hall–Kier alpha value is -3.16. The molecule has 2 N–H and O–H groups in total. The number of aliphatic imine (C=N–C) groups is 1. The van der Waals surface area contributed by atoms with E-state index in [1.165, 1.54) is 24.3 Å². The van der Waals surface area contributed by atoms with Gasteiger partial charge in [0.1, 0.15) is 17.7 Å². The minimum absolute atomic E-state index is 0.0496. The first-order chi connectivity index (χ1) is 12.5. The number of benzene rings is 2. The molecule has 7 nitrogen and oxygen atoms in total. The molecule has 0 aliphatic heterocycles. The van der Waals surface area contributed by atoms with Crippen molar-refractivity contribution in [2.45, 2.75) is 19.6 Å². The second-order valence-electron chi connectivity index (χ2n) is 5.62. The summed E-state index contributed by atoms with van der Waals surface area (Å²) in [7, 11) is 1.63. The summed E-state index contributed by atoms with van der Waals surface area (Å²) in [5.74, 6) is 0.820. The van der Waals surface area contributed by atoms with E-state index in [2.05, 4.69) is 15.6 Å². The molecule has 0 aromatic heterocycles. The smallest absolute Gasteiger partial charge is 0.269 e. The van der Waals surface area contributed by atoms with Crippen molar-refractivity contribution in [2.75, 3.05) is 13.6 Å². The molecule has 0 saturated heterocycles. The van der Waals surface area contributed by atoms with Crippen molar-refractivity contribution in [1.29, 1.82) is 0 Å². The minimum atomic E-state index is -0.426. The Morgan fingerprint density at radius 2 is 2.00 bits per heavy atom. The van der Waals surface area contributed by atoms with Crippen LogP contribution in [0.15, 0.2) is 53.5 Å². The predicted molar refractivity (Wildman–Crippen MR) is 97.8 cm³/mol. The van der Waals surface area contributed by atoms with E-state index in [9.17, 15) is 14.5 Å². The van der Waals surface area contributed by atoms with Crippen LogP contribution in [0.25, 0.3) is 0 Å². The van der Waals surface area contributed by atoms with Crippen LogP contribution < -0.4 is 15.4 Å². The number of hydrogen-bond acceptors (Lipinski definition) is 4. The van der Waals surface area contributed by atoms with Gasteiger partial charge in [0, 0.05) is 25.7 Å². The van der Waals surface area contributed by atoms with Gasteiger partial charge in [0.2, 0.25) is 0 Å². The van der Waals surface area contributed by atoms with E-state index in [0.29, 0.717) is 24.8 Å². The summed E-state index contributed by atoms with van der Waals surface area (Å²) in [6, 6.07) is 12.2. The van der Waals surface area contributed by atoms with Gasteiger partial charge in [-0.2, -0.15) is 0 Å². The van der Waals surface area contributed by atoms with E-state index in [0.717, 1.165) is 5.56 Å². The van der Waals surface area contributed by atoms with Crippen LogP contribution in [0.3, 0.4) is 0 Å². The number of guanidine groups is 1. The van der Waals surface area contributed by atoms with Crippen molar-refractivity contribution in [3.8, 4) is 5.75 Å². The number of ether oxygens (including phenoxy) is 1. The van der Waals surface area contributed by atoms with Gasteiger partial charge in [0.15, 0.2) is 5.96 Å². The van der Waals surface area contributed by atoms with E-state index in [-0.39, 0.29) is 17.6 Å². The van der Waals surface area contributed by atoms with Crippen molar-refractivity contribution in [3.63, 3.8) is 0 Å². The van der Waals surface area contributed by atoms with Gasteiger partial charge >= 0.3 is 0 Å². The van der Waals surface area contributed by atoms with Crippen molar-refractivity contribution < 1.29 is 14.1 Å². The second-order valence-corrected chi connectivity index (χ2v) is 5.62. The molecule has 26 heavy (non-hydrogen) atoms. The molecule has 0 fully saturated rings.